The second-order valence-electron chi connectivity index (χ2n) is 11.6. The van der Waals surface area contributed by atoms with Crippen LogP contribution < -0.4 is 32.6 Å². The topological polar surface area (TPSA) is 281 Å². The van der Waals surface area contributed by atoms with Crippen LogP contribution in [0.5, 0.6) is 0 Å². The van der Waals surface area contributed by atoms with Crippen molar-refractivity contribution in [2.24, 2.45) is 0 Å². The minimum atomic E-state index is -0.372. The second-order valence-corrected chi connectivity index (χ2v) is 11.6. The number of fused-ring (bicyclic) bond motifs is 3. The Labute approximate surface area is 292 Å². The van der Waals surface area contributed by atoms with Gasteiger partial charge < -0.3 is 49.5 Å². The minimum absolute atomic E-state index is 0.0971. The lowest BCUT2D eigenvalue weighted by atomic mass is 10.3. The van der Waals surface area contributed by atoms with Gasteiger partial charge in [-0.05, 0) is 0 Å². The van der Waals surface area contributed by atoms with Gasteiger partial charge in [0.05, 0.1) is 38.0 Å². The SMILES string of the molecule is O=C(CCn1cnc2c(=O)[nH]cnc21)NCCNCCN(CCNC(=O)CCn1cnc2c(=O)[nH]cnc21)C(=O)CCn1cnc2c(=O)[nH]cnc21. The monoisotopic (exact) mass is 716 g/mol. The average molecular weight is 717 g/mol. The summed E-state index contributed by atoms with van der Waals surface area (Å²) in [6.07, 6.45) is 8.61. The molecule has 0 bridgehead atoms. The van der Waals surface area contributed by atoms with Gasteiger partial charge in [-0.3, -0.25) is 28.8 Å². The molecular formula is C30H36N16O6. The molecule has 6 rings (SSSR count). The van der Waals surface area contributed by atoms with Gasteiger partial charge in [0.1, 0.15) is 0 Å². The number of aromatic amines is 3. The van der Waals surface area contributed by atoms with Crippen molar-refractivity contribution in [2.75, 3.05) is 39.3 Å². The first kappa shape index (κ1) is 35.3. The fourth-order valence-corrected chi connectivity index (χ4v) is 5.48. The molecule has 22 heteroatoms. The lowest BCUT2D eigenvalue weighted by Crippen LogP contribution is -2.43. The van der Waals surface area contributed by atoms with Gasteiger partial charge in [0.25, 0.3) is 16.7 Å². The van der Waals surface area contributed by atoms with Crippen molar-refractivity contribution >= 4 is 51.2 Å². The molecule has 6 aromatic rings. The van der Waals surface area contributed by atoms with Crippen LogP contribution in [-0.2, 0) is 34.0 Å². The van der Waals surface area contributed by atoms with Crippen LogP contribution in [-0.4, -0.2) is 120 Å². The molecule has 0 unspecified atom stereocenters. The first-order chi connectivity index (χ1) is 25.3. The number of aryl methyl sites for hydroxylation is 3. The number of imidazole rings is 3. The smallest absolute Gasteiger partial charge is 0.278 e. The van der Waals surface area contributed by atoms with Gasteiger partial charge in [-0.2, -0.15) is 0 Å². The van der Waals surface area contributed by atoms with Crippen LogP contribution >= 0.6 is 0 Å². The zero-order valence-corrected chi connectivity index (χ0v) is 27.9. The zero-order valence-electron chi connectivity index (χ0n) is 27.9. The molecule has 0 saturated carbocycles. The molecule has 52 heavy (non-hydrogen) atoms. The van der Waals surface area contributed by atoms with Gasteiger partial charge in [-0.15, -0.1) is 0 Å². The normalized spacial score (nSPS) is 11.4. The van der Waals surface area contributed by atoms with Crippen molar-refractivity contribution in [3.8, 4) is 0 Å². The number of H-pyrrole nitrogens is 3. The third-order valence-electron chi connectivity index (χ3n) is 8.19. The van der Waals surface area contributed by atoms with Gasteiger partial charge in [0.15, 0.2) is 33.5 Å². The summed E-state index contributed by atoms with van der Waals surface area (Å²) in [5.74, 6) is -0.614. The van der Waals surface area contributed by atoms with E-state index >= 15 is 0 Å². The fraction of sp³-hybridized carbons (Fsp3) is 0.400. The molecule has 6 heterocycles. The van der Waals surface area contributed by atoms with Crippen molar-refractivity contribution in [3.05, 3.63) is 69.0 Å². The summed E-state index contributed by atoms with van der Waals surface area (Å²) >= 11 is 0. The third-order valence-corrected chi connectivity index (χ3v) is 8.19. The fourth-order valence-electron chi connectivity index (χ4n) is 5.48. The second kappa shape index (κ2) is 16.4. The van der Waals surface area contributed by atoms with Crippen LogP contribution in [0.2, 0.25) is 0 Å². The van der Waals surface area contributed by atoms with Crippen molar-refractivity contribution in [3.63, 3.8) is 0 Å². The molecule has 0 fully saturated rings. The molecule has 0 aliphatic heterocycles. The molecule has 0 aromatic carbocycles. The quantitative estimate of drug-likeness (QED) is 0.0491. The Hall–Kier alpha value is -6.58. The number of hydrogen-bond donors (Lipinski definition) is 6. The highest BCUT2D eigenvalue weighted by molar-refractivity contribution is 5.78. The number of hydrogen-bond acceptors (Lipinski definition) is 13. The van der Waals surface area contributed by atoms with Crippen LogP contribution in [0.4, 0.5) is 0 Å². The summed E-state index contributed by atoms with van der Waals surface area (Å²) in [6.45, 7) is 2.78. The van der Waals surface area contributed by atoms with Crippen LogP contribution in [0, 0.1) is 0 Å². The maximum atomic E-state index is 13.4. The molecule has 0 radical (unpaired) electrons. The lowest BCUT2D eigenvalue weighted by molar-refractivity contribution is -0.132. The summed E-state index contributed by atoms with van der Waals surface area (Å²) in [6, 6.07) is 0. The van der Waals surface area contributed by atoms with E-state index in [9.17, 15) is 28.8 Å². The molecule has 6 aromatic heterocycles. The number of nitrogens with one attached hydrogen (secondary N) is 6. The number of nitrogens with zero attached hydrogens (tertiary/aromatic N) is 10. The largest absolute Gasteiger partial charge is 0.355 e. The van der Waals surface area contributed by atoms with Gasteiger partial charge in [-0.1, -0.05) is 0 Å². The van der Waals surface area contributed by atoms with E-state index in [1.54, 1.807) is 18.6 Å². The Morgan fingerprint density at radius 3 is 1.46 bits per heavy atom. The van der Waals surface area contributed by atoms with Crippen LogP contribution in [0.3, 0.4) is 0 Å². The predicted octanol–water partition coefficient (Wildman–Crippen LogP) is -2.79. The summed E-state index contributed by atoms with van der Waals surface area (Å²) in [5.41, 5.74) is 0.655. The predicted molar refractivity (Wildman–Crippen MR) is 184 cm³/mol. The zero-order chi connectivity index (χ0) is 36.5. The van der Waals surface area contributed by atoms with E-state index in [4.69, 9.17) is 0 Å². The maximum absolute atomic E-state index is 13.4. The molecule has 0 atom stereocenters. The molecule has 0 saturated heterocycles. The Morgan fingerprint density at radius 2 is 0.981 bits per heavy atom. The van der Waals surface area contributed by atoms with Gasteiger partial charge in [-0.25, -0.2) is 29.9 Å². The Kier molecular flexibility index (Phi) is 11.1. The molecule has 0 aliphatic carbocycles. The number of aromatic nitrogens is 12. The molecule has 6 N–H and O–H groups in total. The summed E-state index contributed by atoms with van der Waals surface area (Å²) < 4.78 is 4.90. The number of carbonyl (C=O) groups excluding carboxylic acids is 3. The molecule has 3 amide bonds. The van der Waals surface area contributed by atoms with Crippen LogP contribution in [0.1, 0.15) is 19.3 Å². The van der Waals surface area contributed by atoms with E-state index in [0.717, 1.165) is 0 Å². The van der Waals surface area contributed by atoms with Gasteiger partial charge >= 0.3 is 0 Å². The number of rotatable bonds is 18. The average Bonchev–Trinajstić information content (AvgIpc) is 3.88. The summed E-state index contributed by atoms with van der Waals surface area (Å²) in [4.78, 5) is 108. The Bertz CT molecular complexity index is 2370. The van der Waals surface area contributed by atoms with E-state index in [0.29, 0.717) is 49.7 Å². The Balaban J connectivity index is 0.955. The first-order valence-corrected chi connectivity index (χ1v) is 16.5. The van der Waals surface area contributed by atoms with Gasteiger partial charge in [0.2, 0.25) is 17.7 Å². The molecule has 0 aliphatic rings. The minimum Gasteiger partial charge on any atom is -0.355 e. The first-order valence-electron chi connectivity index (χ1n) is 16.5. The van der Waals surface area contributed by atoms with Crippen molar-refractivity contribution in [1.29, 1.82) is 0 Å². The third kappa shape index (κ3) is 8.40. The Morgan fingerprint density at radius 1 is 0.558 bits per heavy atom. The van der Waals surface area contributed by atoms with Crippen molar-refractivity contribution < 1.29 is 14.4 Å². The molecule has 22 nitrogen and oxygen atoms in total. The summed E-state index contributed by atoms with van der Waals surface area (Å²) in [5, 5.41) is 8.89. The molecule has 272 valence electrons. The summed E-state index contributed by atoms with van der Waals surface area (Å²) in [7, 11) is 0. The van der Waals surface area contributed by atoms with E-state index in [2.05, 4.69) is 60.8 Å². The van der Waals surface area contributed by atoms with E-state index in [1.807, 2.05) is 0 Å². The highest BCUT2D eigenvalue weighted by atomic mass is 16.2. The van der Waals surface area contributed by atoms with Crippen molar-refractivity contribution in [2.45, 2.75) is 38.9 Å². The number of amides is 3. The van der Waals surface area contributed by atoms with Crippen LogP contribution in [0.25, 0.3) is 33.5 Å². The van der Waals surface area contributed by atoms with Crippen molar-refractivity contribution in [1.82, 2.24) is 79.4 Å². The number of carbonyl (C=O) groups is 3. The molecule has 0 spiro atoms. The lowest BCUT2D eigenvalue weighted by Gasteiger charge is -2.23. The standard InChI is InChI=1S/C30H36N16O6/c47-19(1-8-44-16-40-22-25(44)34-13-37-28(22)50)32-5-4-31-6-11-43(21(49)3-10-46-18-42-24-27(46)36-15-39-30(24)52)12-7-33-20(48)2-9-45-17-41-23-26(45)35-14-38-29(23)51/h13-18,31H,1-12H2,(H,32,47)(H,33,48)(H,34,37,50)(H,35,38,51)(H,36,39,52). The molecular weight excluding hydrogens is 680 g/mol. The van der Waals surface area contributed by atoms with E-state index < -0.39 is 0 Å². The highest BCUT2D eigenvalue weighted by Crippen LogP contribution is 2.08. The highest BCUT2D eigenvalue weighted by Gasteiger charge is 2.16. The van der Waals surface area contributed by atoms with Crippen LogP contribution in [0.15, 0.2) is 52.3 Å². The van der Waals surface area contributed by atoms with E-state index in [-0.39, 0.29) is 96.4 Å². The van der Waals surface area contributed by atoms with Gasteiger partial charge in [0, 0.05) is 78.2 Å². The van der Waals surface area contributed by atoms with E-state index in [1.165, 1.54) is 38.0 Å². The maximum Gasteiger partial charge on any atom is 0.278 e.